The maximum absolute atomic E-state index is 3.85. The molecular weight excluding hydrogens is 258 g/mol. The predicted octanol–water partition coefficient (Wildman–Crippen LogP) is 2.82. The third-order valence-electron chi connectivity index (χ3n) is 5.41. The topological polar surface area (TPSA) is 18.5 Å². The molecule has 0 aromatic heterocycles. The Labute approximate surface area is 132 Å². The Kier molecular flexibility index (Phi) is 7.48. The highest BCUT2D eigenvalue weighted by Gasteiger charge is 2.28. The molecule has 3 nitrogen and oxygen atoms in total. The van der Waals surface area contributed by atoms with Gasteiger partial charge in [0.25, 0.3) is 0 Å². The summed E-state index contributed by atoms with van der Waals surface area (Å²) in [5, 5.41) is 3.85. The van der Waals surface area contributed by atoms with E-state index >= 15 is 0 Å². The van der Waals surface area contributed by atoms with Crippen LogP contribution in [-0.4, -0.2) is 62.7 Å². The van der Waals surface area contributed by atoms with Gasteiger partial charge in [-0.2, -0.15) is 0 Å². The minimum Gasteiger partial charge on any atom is -0.312 e. The van der Waals surface area contributed by atoms with E-state index in [-0.39, 0.29) is 0 Å². The van der Waals surface area contributed by atoms with Crippen molar-refractivity contribution >= 4 is 0 Å². The van der Waals surface area contributed by atoms with Crippen molar-refractivity contribution in [1.82, 2.24) is 15.1 Å². The monoisotopic (exact) mass is 295 g/mol. The fourth-order valence-electron chi connectivity index (χ4n) is 4.22. The number of rotatable bonds is 8. The molecule has 1 aliphatic heterocycles. The van der Waals surface area contributed by atoms with Crippen LogP contribution in [0.2, 0.25) is 0 Å². The second-order valence-electron chi connectivity index (χ2n) is 7.61. The molecule has 1 saturated heterocycles. The van der Waals surface area contributed by atoms with Crippen molar-refractivity contribution in [2.45, 2.75) is 57.9 Å². The van der Waals surface area contributed by atoms with Crippen LogP contribution in [0, 0.1) is 11.8 Å². The van der Waals surface area contributed by atoms with Crippen molar-refractivity contribution in [1.29, 1.82) is 0 Å². The van der Waals surface area contributed by atoms with Gasteiger partial charge in [0, 0.05) is 19.1 Å². The Morgan fingerprint density at radius 1 is 1.10 bits per heavy atom. The standard InChI is InChI=1S/C18H37N3/c1-4-11-19-18(17-7-5-6-8-17)15-21-12-9-16(10-13-21)14-20(2)3/h16-19H,4-15H2,1-3H3. The molecule has 0 radical (unpaired) electrons. The predicted molar refractivity (Wildman–Crippen MR) is 91.8 cm³/mol. The molecule has 1 atom stereocenters. The molecule has 1 aliphatic carbocycles. The summed E-state index contributed by atoms with van der Waals surface area (Å²) < 4.78 is 0. The summed E-state index contributed by atoms with van der Waals surface area (Å²) in [6.07, 6.45) is 9.87. The van der Waals surface area contributed by atoms with E-state index in [1.54, 1.807) is 0 Å². The second kappa shape index (κ2) is 9.12. The molecule has 1 N–H and O–H groups in total. The number of piperidine rings is 1. The van der Waals surface area contributed by atoms with Crippen molar-refractivity contribution < 1.29 is 0 Å². The maximum atomic E-state index is 3.85. The van der Waals surface area contributed by atoms with E-state index in [1.807, 2.05) is 0 Å². The number of nitrogens with zero attached hydrogens (tertiary/aromatic N) is 2. The van der Waals surface area contributed by atoms with Crippen LogP contribution in [-0.2, 0) is 0 Å². The van der Waals surface area contributed by atoms with Crippen molar-refractivity contribution in [2.75, 3.05) is 46.8 Å². The lowest BCUT2D eigenvalue weighted by molar-refractivity contribution is 0.138. The molecule has 1 heterocycles. The van der Waals surface area contributed by atoms with Gasteiger partial charge in [-0.15, -0.1) is 0 Å². The molecule has 124 valence electrons. The third-order valence-corrected chi connectivity index (χ3v) is 5.41. The highest BCUT2D eigenvalue weighted by atomic mass is 15.2. The molecule has 0 amide bonds. The van der Waals surface area contributed by atoms with Gasteiger partial charge in [0.15, 0.2) is 0 Å². The van der Waals surface area contributed by atoms with E-state index in [9.17, 15) is 0 Å². The average Bonchev–Trinajstić information content (AvgIpc) is 2.99. The van der Waals surface area contributed by atoms with Crippen LogP contribution in [0.4, 0.5) is 0 Å². The lowest BCUT2D eigenvalue weighted by atomic mass is 9.93. The largest absolute Gasteiger partial charge is 0.312 e. The first-order valence-electron chi connectivity index (χ1n) is 9.29. The first kappa shape index (κ1) is 17.2. The number of hydrogen-bond donors (Lipinski definition) is 1. The highest BCUT2D eigenvalue weighted by Crippen LogP contribution is 2.29. The molecule has 3 heteroatoms. The van der Waals surface area contributed by atoms with Crippen LogP contribution in [0.5, 0.6) is 0 Å². The molecule has 2 aliphatic rings. The van der Waals surface area contributed by atoms with Gasteiger partial charge in [0.05, 0.1) is 0 Å². The first-order chi connectivity index (χ1) is 10.2. The van der Waals surface area contributed by atoms with E-state index in [1.165, 1.54) is 77.7 Å². The van der Waals surface area contributed by atoms with E-state index < -0.39 is 0 Å². The Morgan fingerprint density at radius 2 is 1.76 bits per heavy atom. The summed E-state index contributed by atoms with van der Waals surface area (Å²) >= 11 is 0. The van der Waals surface area contributed by atoms with E-state index in [0.29, 0.717) is 0 Å². The van der Waals surface area contributed by atoms with Crippen LogP contribution >= 0.6 is 0 Å². The van der Waals surface area contributed by atoms with Crippen LogP contribution in [0.3, 0.4) is 0 Å². The minimum atomic E-state index is 0.748. The SMILES string of the molecule is CCCNC(CN1CCC(CN(C)C)CC1)C1CCCC1. The molecule has 2 fully saturated rings. The summed E-state index contributed by atoms with van der Waals surface area (Å²) in [7, 11) is 4.41. The first-order valence-corrected chi connectivity index (χ1v) is 9.29. The number of hydrogen-bond acceptors (Lipinski definition) is 3. The minimum absolute atomic E-state index is 0.748. The van der Waals surface area contributed by atoms with Crippen molar-refractivity contribution in [2.24, 2.45) is 11.8 Å². The smallest absolute Gasteiger partial charge is 0.0223 e. The lowest BCUT2D eigenvalue weighted by Gasteiger charge is -2.37. The van der Waals surface area contributed by atoms with E-state index in [2.05, 4.69) is 36.1 Å². The van der Waals surface area contributed by atoms with Crippen LogP contribution in [0.1, 0.15) is 51.9 Å². The van der Waals surface area contributed by atoms with Crippen LogP contribution < -0.4 is 5.32 Å². The molecule has 0 bridgehead atoms. The third kappa shape index (κ3) is 5.88. The van der Waals surface area contributed by atoms with Crippen molar-refractivity contribution in [3.05, 3.63) is 0 Å². The average molecular weight is 296 g/mol. The molecular formula is C18H37N3. The Balaban J connectivity index is 1.75. The number of nitrogens with one attached hydrogen (secondary N) is 1. The molecule has 0 spiro atoms. The van der Waals surface area contributed by atoms with Gasteiger partial charge in [-0.3, -0.25) is 0 Å². The molecule has 1 saturated carbocycles. The van der Waals surface area contributed by atoms with Crippen molar-refractivity contribution in [3.63, 3.8) is 0 Å². The quantitative estimate of drug-likeness (QED) is 0.743. The van der Waals surface area contributed by atoms with Crippen LogP contribution in [0.25, 0.3) is 0 Å². The summed E-state index contributed by atoms with van der Waals surface area (Å²) in [6, 6.07) is 0.748. The summed E-state index contributed by atoms with van der Waals surface area (Å²) in [5.74, 6) is 1.86. The zero-order valence-corrected chi connectivity index (χ0v) is 14.6. The summed E-state index contributed by atoms with van der Waals surface area (Å²) in [6.45, 7) is 8.67. The lowest BCUT2D eigenvalue weighted by Crippen LogP contribution is -2.48. The van der Waals surface area contributed by atoms with Gasteiger partial charge >= 0.3 is 0 Å². The summed E-state index contributed by atoms with van der Waals surface area (Å²) in [4.78, 5) is 5.09. The number of likely N-dealkylation sites (tertiary alicyclic amines) is 1. The fraction of sp³-hybridized carbons (Fsp3) is 1.00. The Hall–Kier alpha value is -0.120. The zero-order chi connectivity index (χ0) is 15.1. The molecule has 0 aromatic carbocycles. The Morgan fingerprint density at radius 3 is 2.33 bits per heavy atom. The van der Waals surface area contributed by atoms with Gasteiger partial charge in [-0.1, -0.05) is 19.8 Å². The van der Waals surface area contributed by atoms with E-state index in [0.717, 1.165) is 17.9 Å². The zero-order valence-electron chi connectivity index (χ0n) is 14.6. The fourth-order valence-corrected chi connectivity index (χ4v) is 4.22. The van der Waals surface area contributed by atoms with Gasteiger partial charge in [0.2, 0.25) is 0 Å². The van der Waals surface area contributed by atoms with Crippen LogP contribution in [0.15, 0.2) is 0 Å². The van der Waals surface area contributed by atoms with Gasteiger partial charge in [0.1, 0.15) is 0 Å². The molecule has 1 unspecified atom stereocenters. The Bertz CT molecular complexity index is 266. The second-order valence-corrected chi connectivity index (χ2v) is 7.61. The maximum Gasteiger partial charge on any atom is 0.0223 e. The van der Waals surface area contributed by atoms with E-state index in [4.69, 9.17) is 0 Å². The molecule has 21 heavy (non-hydrogen) atoms. The molecule has 2 rings (SSSR count). The highest BCUT2D eigenvalue weighted by molar-refractivity contribution is 4.85. The van der Waals surface area contributed by atoms with Gasteiger partial charge in [-0.25, -0.2) is 0 Å². The van der Waals surface area contributed by atoms with Gasteiger partial charge < -0.3 is 15.1 Å². The van der Waals surface area contributed by atoms with Crippen molar-refractivity contribution in [3.8, 4) is 0 Å². The molecule has 0 aromatic rings. The van der Waals surface area contributed by atoms with Gasteiger partial charge in [-0.05, 0) is 77.7 Å². The summed E-state index contributed by atoms with van der Waals surface area (Å²) in [5.41, 5.74) is 0. The normalized spacial score (nSPS) is 24.0.